The van der Waals surface area contributed by atoms with Gasteiger partial charge in [0.15, 0.2) is 0 Å². The molecular weight excluding hydrogens is 368 g/mol. The molecule has 0 unspecified atom stereocenters. The number of nitrogens with zero attached hydrogens (tertiary/aromatic N) is 4. The second kappa shape index (κ2) is 7.20. The van der Waals surface area contributed by atoms with Gasteiger partial charge in [-0.1, -0.05) is 6.07 Å². The number of cyclic esters (lactones) is 1. The molecule has 3 heterocycles. The third-order valence-corrected chi connectivity index (χ3v) is 4.93. The van der Waals surface area contributed by atoms with Gasteiger partial charge in [-0.3, -0.25) is 4.68 Å². The number of aromatic nitrogens is 4. The van der Waals surface area contributed by atoms with Crippen molar-refractivity contribution in [3.63, 3.8) is 0 Å². The molecule has 1 aliphatic heterocycles. The summed E-state index contributed by atoms with van der Waals surface area (Å²) in [4.78, 5) is 20.2. The van der Waals surface area contributed by atoms with Crippen molar-refractivity contribution in [1.29, 1.82) is 0 Å². The highest BCUT2D eigenvalue weighted by Crippen LogP contribution is 2.27. The Bertz CT molecular complexity index is 1060. The monoisotopic (exact) mass is 392 g/mol. The molecule has 1 amide bonds. The molecule has 8 nitrogen and oxygen atoms in total. The lowest BCUT2D eigenvalue weighted by atomic mass is 9.99. The summed E-state index contributed by atoms with van der Waals surface area (Å²) in [7, 11) is 0. The van der Waals surface area contributed by atoms with Gasteiger partial charge in [0.25, 0.3) is 0 Å². The normalized spacial score (nSPS) is 17.7. The molecule has 29 heavy (non-hydrogen) atoms. The van der Waals surface area contributed by atoms with E-state index in [1.165, 1.54) is 0 Å². The minimum absolute atomic E-state index is 0.282. The summed E-state index contributed by atoms with van der Waals surface area (Å²) < 4.78 is 7.18. The Labute approximate surface area is 169 Å². The molecule has 1 aromatic carbocycles. The second-order valence-electron chi connectivity index (χ2n) is 7.93. The van der Waals surface area contributed by atoms with E-state index in [9.17, 15) is 4.79 Å². The Hall–Kier alpha value is -3.42. The Morgan fingerprint density at radius 3 is 2.79 bits per heavy atom. The molecule has 2 aromatic heterocycles. The van der Waals surface area contributed by atoms with Crippen LogP contribution >= 0.6 is 0 Å². The Balaban J connectivity index is 1.55. The van der Waals surface area contributed by atoms with Crippen LogP contribution in [0.25, 0.3) is 11.1 Å². The van der Waals surface area contributed by atoms with Crippen LogP contribution in [0.3, 0.4) is 0 Å². The summed E-state index contributed by atoms with van der Waals surface area (Å²) in [5.74, 6) is 0.565. The lowest BCUT2D eigenvalue weighted by Crippen LogP contribution is -2.44. The summed E-state index contributed by atoms with van der Waals surface area (Å²) in [6.45, 7) is 8.35. The topological polar surface area (TPSA) is 94.0 Å². The zero-order chi connectivity index (χ0) is 20.6. The predicted molar refractivity (Wildman–Crippen MR) is 110 cm³/mol. The van der Waals surface area contributed by atoms with E-state index in [2.05, 4.69) is 31.8 Å². The number of carbonyl (C=O) groups excluding carboxylic acids is 1. The summed E-state index contributed by atoms with van der Waals surface area (Å²) in [5.41, 5.74) is 4.51. The van der Waals surface area contributed by atoms with Crippen LogP contribution in [0.5, 0.6) is 0 Å². The maximum absolute atomic E-state index is 11.6. The van der Waals surface area contributed by atoms with Gasteiger partial charge in [-0.15, -0.1) is 0 Å². The SMILES string of the molecule is Cc1cc(Nc2nccc(C)n2)cc(-c2cnn(C[C@@H]3OC(=O)NC3(C)C)c2)c1. The van der Waals surface area contributed by atoms with Crippen LogP contribution in [-0.4, -0.2) is 37.5 Å². The number of nitrogens with one attached hydrogen (secondary N) is 2. The zero-order valence-corrected chi connectivity index (χ0v) is 16.9. The fourth-order valence-electron chi connectivity index (χ4n) is 3.36. The Morgan fingerprint density at radius 2 is 2.07 bits per heavy atom. The smallest absolute Gasteiger partial charge is 0.408 e. The molecule has 1 atom stereocenters. The average Bonchev–Trinajstić information content (AvgIpc) is 3.18. The standard InChI is InChI=1S/C21H24N6O2/c1-13-7-15(9-17(8-13)25-19-22-6-5-14(2)24-19)16-10-23-27(11-16)12-18-21(3,4)26-20(28)29-18/h5-11,18H,12H2,1-4H3,(H,26,28)(H,22,24,25)/t18-/m0/s1. The number of aryl methyl sites for hydroxylation is 2. The van der Waals surface area contributed by atoms with E-state index < -0.39 is 5.54 Å². The van der Waals surface area contributed by atoms with Crippen molar-refractivity contribution in [3.8, 4) is 11.1 Å². The minimum Gasteiger partial charge on any atom is -0.442 e. The first-order chi connectivity index (χ1) is 13.8. The van der Waals surface area contributed by atoms with Crippen LogP contribution in [-0.2, 0) is 11.3 Å². The molecule has 0 radical (unpaired) electrons. The van der Waals surface area contributed by atoms with Gasteiger partial charge in [-0.25, -0.2) is 14.8 Å². The number of rotatable bonds is 5. The Kier molecular flexibility index (Phi) is 4.70. The minimum atomic E-state index is -0.433. The summed E-state index contributed by atoms with van der Waals surface area (Å²) in [6.07, 6.45) is 4.84. The first-order valence-electron chi connectivity index (χ1n) is 9.48. The van der Waals surface area contributed by atoms with Crippen molar-refractivity contribution in [2.75, 3.05) is 5.32 Å². The maximum atomic E-state index is 11.6. The fourth-order valence-corrected chi connectivity index (χ4v) is 3.36. The van der Waals surface area contributed by atoms with E-state index in [-0.39, 0.29) is 12.2 Å². The summed E-state index contributed by atoms with van der Waals surface area (Å²) in [5, 5.41) is 10.5. The van der Waals surface area contributed by atoms with E-state index in [1.54, 1.807) is 10.9 Å². The molecule has 8 heteroatoms. The van der Waals surface area contributed by atoms with Crippen molar-refractivity contribution in [1.82, 2.24) is 25.1 Å². The molecule has 1 saturated heterocycles. The third kappa shape index (κ3) is 4.21. The molecule has 0 spiro atoms. The first-order valence-corrected chi connectivity index (χ1v) is 9.48. The van der Waals surface area contributed by atoms with E-state index >= 15 is 0 Å². The van der Waals surface area contributed by atoms with Crippen LogP contribution in [0.1, 0.15) is 25.1 Å². The Morgan fingerprint density at radius 1 is 1.24 bits per heavy atom. The van der Waals surface area contributed by atoms with Crippen LogP contribution in [0.2, 0.25) is 0 Å². The average molecular weight is 392 g/mol. The largest absolute Gasteiger partial charge is 0.442 e. The van der Waals surface area contributed by atoms with Gasteiger partial charge in [0.05, 0.1) is 18.3 Å². The van der Waals surface area contributed by atoms with Gasteiger partial charge in [0, 0.05) is 29.3 Å². The number of benzene rings is 1. The van der Waals surface area contributed by atoms with Crippen LogP contribution in [0.15, 0.2) is 42.9 Å². The number of alkyl carbamates (subject to hydrolysis) is 1. The van der Waals surface area contributed by atoms with Crippen molar-refractivity contribution < 1.29 is 9.53 Å². The highest BCUT2D eigenvalue weighted by atomic mass is 16.6. The molecule has 0 aliphatic carbocycles. The van der Waals surface area contributed by atoms with E-state index in [0.29, 0.717) is 12.5 Å². The molecule has 1 aliphatic rings. The van der Waals surface area contributed by atoms with Crippen LogP contribution in [0, 0.1) is 13.8 Å². The van der Waals surface area contributed by atoms with E-state index in [1.807, 2.05) is 58.3 Å². The number of ether oxygens (including phenoxy) is 1. The highest BCUT2D eigenvalue weighted by molar-refractivity contribution is 5.71. The first kappa shape index (κ1) is 18.9. The van der Waals surface area contributed by atoms with Crippen LogP contribution < -0.4 is 10.6 Å². The lowest BCUT2D eigenvalue weighted by molar-refractivity contribution is 0.101. The number of amides is 1. The van der Waals surface area contributed by atoms with Crippen molar-refractivity contribution >= 4 is 17.7 Å². The molecule has 4 rings (SSSR count). The number of hydrogen-bond donors (Lipinski definition) is 2. The molecular formula is C21H24N6O2. The fraction of sp³-hybridized carbons (Fsp3) is 0.333. The van der Waals surface area contributed by atoms with Crippen LogP contribution in [0.4, 0.5) is 16.4 Å². The van der Waals surface area contributed by atoms with Gasteiger partial charge in [-0.05, 0) is 57.0 Å². The third-order valence-electron chi connectivity index (χ3n) is 4.93. The summed E-state index contributed by atoms with van der Waals surface area (Å²) >= 11 is 0. The molecule has 0 bridgehead atoms. The zero-order valence-electron chi connectivity index (χ0n) is 16.9. The lowest BCUT2D eigenvalue weighted by Gasteiger charge is -2.23. The number of anilines is 2. The van der Waals surface area contributed by atoms with Crippen molar-refractivity contribution in [2.45, 2.75) is 45.9 Å². The van der Waals surface area contributed by atoms with Gasteiger partial charge >= 0.3 is 6.09 Å². The maximum Gasteiger partial charge on any atom is 0.408 e. The second-order valence-corrected chi connectivity index (χ2v) is 7.93. The van der Waals surface area contributed by atoms with Crippen molar-refractivity contribution in [2.24, 2.45) is 0 Å². The molecule has 0 saturated carbocycles. The summed E-state index contributed by atoms with van der Waals surface area (Å²) in [6, 6.07) is 8.05. The molecule has 150 valence electrons. The van der Waals surface area contributed by atoms with Crippen molar-refractivity contribution in [3.05, 3.63) is 54.1 Å². The van der Waals surface area contributed by atoms with Gasteiger partial charge in [-0.2, -0.15) is 5.10 Å². The van der Waals surface area contributed by atoms with Gasteiger partial charge in [0.2, 0.25) is 5.95 Å². The van der Waals surface area contributed by atoms with E-state index in [0.717, 1.165) is 28.1 Å². The molecule has 1 fully saturated rings. The molecule has 3 aromatic rings. The number of hydrogen-bond acceptors (Lipinski definition) is 6. The predicted octanol–water partition coefficient (Wildman–Crippen LogP) is 3.59. The van der Waals surface area contributed by atoms with E-state index in [4.69, 9.17) is 4.74 Å². The van der Waals surface area contributed by atoms with Gasteiger partial charge in [0.1, 0.15) is 6.10 Å². The quantitative estimate of drug-likeness (QED) is 0.689. The highest BCUT2D eigenvalue weighted by Gasteiger charge is 2.41. The molecule has 2 N–H and O–H groups in total. The number of carbonyl (C=O) groups is 1. The van der Waals surface area contributed by atoms with Gasteiger partial charge < -0.3 is 15.4 Å².